The molecule has 0 spiro atoms. The lowest BCUT2D eigenvalue weighted by atomic mass is 10.1. The fraction of sp³-hybridized carbons (Fsp3) is 0.188. The van der Waals surface area contributed by atoms with Gasteiger partial charge in [-0.1, -0.05) is 46.3 Å². The summed E-state index contributed by atoms with van der Waals surface area (Å²) in [6, 6.07) is 15.2. The van der Waals surface area contributed by atoms with E-state index in [1.165, 1.54) is 0 Å². The Labute approximate surface area is 140 Å². The van der Waals surface area contributed by atoms with Crippen molar-refractivity contribution in [2.75, 3.05) is 13.2 Å². The smallest absolute Gasteiger partial charge is 0.255 e. The number of nitrogens with zero attached hydrogens (tertiary/aromatic N) is 1. The minimum atomic E-state index is -0.104. The van der Waals surface area contributed by atoms with Crippen LogP contribution >= 0.6 is 31.9 Å². The van der Waals surface area contributed by atoms with Crippen LogP contribution in [0.3, 0.4) is 0 Å². The fourth-order valence-electron chi connectivity index (χ4n) is 2.01. The second-order valence-electron chi connectivity index (χ2n) is 4.56. The third-order valence-electron chi connectivity index (χ3n) is 3.03. The molecular formula is C16H15Br2NO2. The lowest BCUT2D eigenvalue weighted by Gasteiger charge is -2.22. The van der Waals surface area contributed by atoms with Crippen molar-refractivity contribution in [2.45, 2.75) is 6.54 Å². The van der Waals surface area contributed by atoms with E-state index in [1.54, 1.807) is 11.0 Å². The molecule has 110 valence electrons. The van der Waals surface area contributed by atoms with E-state index in [1.807, 2.05) is 42.5 Å². The summed E-state index contributed by atoms with van der Waals surface area (Å²) in [5.41, 5.74) is 1.62. The van der Waals surface area contributed by atoms with Crippen LogP contribution in [0.2, 0.25) is 0 Å². The van der Waals surface area contributed by atoms with Gasteiger partial charge in [-0.15, -0.1) is 0 Å². The van der Waals surface area contributed by atoms with Crippen molar-refractivity contribution in [2.24, 2.45) is 0 Å². The molecule has 0 aromatic heterocycles. The molecule has 1 N–H and O–H groups in total. The van der Waals surface area contributed by atoms with Gasteiger partial charge < -0.3 is 10.0 Å². The van der Waals surface area contributed by atoms with E-state index < -0.39 is 0 Å². The summed E-state index contributed by atoms with van der Waals surface area (Å²) in [7, 11) is 0. The van der Waals surface area contributed by atoms with Crippen molar-refractivity contribution >= 4 is 37.8 Å². The van der Waals surface area contributed by atoms with Gasteiger partial charge in [0.1, 0.15) is 0 Å². The number of amides is 1. The highest BCUT2D eigenvalue weighted by Gasteiger charge is 2.18. The second kappa shape index (κ2) is 7.73. The normalized spacial score (nSPS) is 10.4. The summed E-state index contributed by atoms with van der Waals surface area (Å²) in [4.78, 5) is 14.3. The van der Waals surface area contributed by atoms with Gasteiger partial charge in [0.25, 0.3) is 5.91 Å². The van der Waals surface area contributed by atoms with Crippen LogP contribution in [0.15, 0.2) is 57.5 Å². The molecule has 3 nitrogen and oxygen atoms in total. The molecule has 2 aromatic carbocycles. The molecule has 2 rings (SSSR count). The molecule has 0 saturated heterocycles. The Morgan fingerprint density at radius 1 is 1.10 bits per heavy atom. The summed E-state index contributed by atoms with van der Waals surface area (Å²) in [6.07, 6.45) is 0. The van der Waals surface area contributed by atoms with Crippen LogP contribution in [0.4, 0.5) is 0 Å². The molecule has 0 unspecified atom stereocenters. The van der Waals surface area contributed by atoms with Crippen LogP contribution in [0.1, 0.15) is 15.9 Å². The first-order valence-corrected chi connectivity index (χ1v) is 8.09. The second-order valence-corrected chi connectivity index (χ2v) is 6.33. The fourth-order valence-corrected chi connectivity index (χ4v) is 3.23. The van der Waals surface area contributed by atoms with Gasteiger partial charge in [0.2, 0.25) is 0 Å². The molecule has 0 fully saturated rings. The number of aliphatic hydroxyl groups is 1. The summed E-state index contributed by atoms with van der Waals surface area (Å²) in [5.74, 6) is -0.104. The van der Waals surface area contributed by atoms with Gasteiger partial charge in [-0.25, -0.2) is 0 Å². The highest BCUT2D eigenvalue weighted by molar-refractivity contribution is 9.11. The van der Waals surface area contributed by atoms with Gasteiger partial charge in [0, 0.05) is 22.0 Å². The highest BCUT2D eigenvalue weighted by atomic mass is 79.9. The Morgan fingerprint density at radius 2 is 1.81 bits per heavy atom. The Bertz CT molecular complexity index is 617. The number of halogens is 2. The molecule has 5 heteroatoms. The maximum atomic E-state index is 12.6. The number of hydrogen-bond donors (Lipinski definition) is 1. The average molecular weight is 413 g/mol. The van der Waals surface area contributed by atoms with Crippen molar-refractivity contribution in [1.29, 1.82) is 0 Å². The van der Waals surface area contributed by atoms with Crippen LogP contribution in [0.25, 0.3) is 0 Å². The van der Waals surface area contributed by atoms with Crippen LogP contribution in [-0.2, 0) is 6.54 Å². The predicted octanol–water partition coefficient (Wildman–Crippen LogP) is 3.85. The zero-order valence-electron chi connectivity index (χ0n) is 11.3. The topological polar surface area (TPSA) is 40.5 Å². The Hall–Kier alpha value is -1.17. The number of aliphatic hydroxyl groups excluding tert-OH is 1. The van der Waals surface area contributed by atoms with Gasteiger partial charge in [-0.05, 0) is 39.7 Å². The summed E-state index contributed by atoms with van der Waals surface area (Å²) < 4.78 is 1.64. The minimum Gasteiger partial charge on any atom is -0.395 e. The zero-order valence-corrected chi connectivity index (χ0v) is 14.5. The summed E-state index contributed by atoms with van der Waals surface area (Å²) >= 11 is 6.78. The van der Waals surface area contributed by atoms with Crippen molar-refractivity contribution in [1.82, 2.24) is 4.90 Å². The molecule has 0 aliphatic rings. The van der Waals surface area contributed by atoms with E-state index in [0.717, 1.165) is 14.5 Å². The highest BCUT2D eigenvalue weighted by Crippen LogP contribution is 2.23. The zero-order chi connectivity index (χ0) is 15.2. The third-order valence-corrected chi connectivity index (χ3v) is 4.18. The van der Waals surface area contributed by atoms with Gasteiger partial charge in [-0.2, -0.15) is 0 Å². The van der Waals surface area contributed by atoms with E-state index in [4.69, 9.17) is 0 Å². The van der Waals surface area contributed by atoms with Gasteiger partial charge >= 0.3 is 0 Å². The SMILES string of the molecule is O=C(c1ccc(Br)cc1Br)N(CCO)Cc1ccccc1. The molecule has 0 atom stereocenters. The first-order valence-electron chi connectivity index (χ1n) is 6.51. The van der Waals surface area contributed by atoms with E-state index in [-0.39, 0.29) is 12.5 Å². The Kier molecular flexibility index (Phi) is 5.96. The Balaban J connectivity index is 2.23. The van der Waals surface area contributed by atoms with Gasteiger partial charge in [-0.3, -0.25) is 4.79 Å². The molecule has 0 radical (unpaired) electrons. The van der Waals surface area contributed by atoms with Crippen molar-refractivity contribution in [3.63, 3.8) is 0 Å². The molecule has 0 saturated carbocycles. The number of rotatable bonds is 5. The lowest BCUT2D eigenvalue weighted by Crippen LogP contribution is -2.33. The monoisotopic (exact) mass is 411 g/mol. The van der Waals surface area contributed by atoms with Crippen molar-refractivity contribution < 1.29 is 9.90 Å². The molecule has 0 bridgehead atoms. The summed E-state index contributed by atoms with van der Waals surface area (Å²) in [5, 5.41) is 9.21. The molecule has 0 aliphatic carbocycles. The number of carbonyl (C=O) groups excluding carboxylic acids is 1. The van der Waals surface area contributed by atoms with Gasteiger partial charge in [0.05, 0.1) is 12.2 Å². The first kappa shape index (κ1) is 16.2. The Morgan fingerprint density at radius 3 is 2.43 bits per heavy atom. The molecular weight excluding hydrogens is 398 g/mol. The average Bonchev–Trinajstić information content (AvgIpc) is 2.47. The van der Waals surface area contributed by atoms with E-state index in [2.05, 4.69) is 31.9 Å². The minimum absolute atomic E-state index is 0.0628. The van der Waals surface area contributed by atoms with Crippen LogP contribution < -0.4 is 0 Å². The third kappa shape index (κ3) is 4.40. The van der Waals surface area contributed by atoms with E-state index >= 15 is 0 Å². The predicted molar refractivity (Wildman–Crippen MR) is 90.1 cm³/mol. The van der Waals surface area contributed by atoms with Crippen molar-refractivity contribution in [3.8, 4) is 0 Å². The molecule has 1 amide bonds. The standard InChI is InChI=1S/C16H15Br2NO2/c17-13-6-7-14(15(18)10-13)16(21)19(8-9-20)11-12-4-2-1-3-5-12/h1-7,10,20H,8-9,11H2. The van der Waals surface area contributed by atoms with Crippen LogP contribution in [0.5, 0.6) is 0 Å². The lowest BCUT2D eigenvalue weighted by molar-refractivity contribution is 0.0707. The number of hydrogen-bond acceptors (Lipinski definition) is 2. The molecule has 21 heavy (non-hydrogen) atoms. The van der Waals surface area contributed by atoms with Crippen LogP contribution in [0, 0.1) is 0 Å². The van der Waals surface area contributed by atoms with E-state index in [9.17, 15) is 9.90 Å². The largest absolute Gasteiger partial charge is 0.395 e. The number of benzene rings is 2. The molecule has 0 heterocycles. The quantitative estimate of drug-likeness (QED) is 0.810. The van der Waals surface area contributed by atoms with Crippen LogP contribution in [-0.4, -0.2) is 29.1 Å². The maximum absolute atomic E-state index is 12.6. The maximum Gasteiger partial charge on any atom is 0.255 e. The molecule has 0 aliphatic heterocycles. The van der Waals surface area contributed by atoms with E-state index in [0.29, 0.717) is 18.7 Å². The summed E-state index contributed by atoms with van der Waals surface area (Å²) in [6.45, 7) is 0.714. The molecule has 2 aromatic rings. The van der Waals surface area contributed by atoms with Crippen molar-refractivity contribution in [3.05, 3.63) is 68.6 Å². The van der Waals surface area contributed by atoms with Gasteiger partial charge in [0.15, 0.2) is 0 Å². The number of carbonyl (C=O) groups is 1. The first-order chi connectivity index (χ1) is 10.1.